The Bertz CT molecular complexity index is 367. The first kappa shape index (κ1) is 12.9. The molecular formula is C11H14NO3S-. The molecule has 0 aromatic heterocycles. The predicted octanol–water partition coefficient (Wildman–Crippen LogP) is 0.818. The zero-order chi connectivity index (χ0) is 12.0. The Morgan fingerprint density at radius 3 is 2.62 bits per heavy atom. The van der Waals surface area contributed by atoms with Gasteiger partial charge in [-0.15, -0.1) is 0 Å². The maximum atomic E-state index is 11.5. The Hall–Kier alpha value is -1.20. The second kappa shape index (κ2) is 6.40. The Labute approximate surface area is 97.3 Å². The maximum Gasteiger partial charge on any atom is 0.223 e. The summed E-state index contributed by atoms with van der Waals surface area (Å²) >= 11 is -2.18. The van der Waals surface area contributed by atoms with Crippen LogP contribution in [0.3, 0.4) is 0 Å². The van der Waals surface area contributed by atoms with Gasteiger partial charge >= 0.3 is 0 Å². The maximum absolute atomic E-state index is 11.5. The van der Waals surface area contributed by atoms with E-state index in [4.69, 9.17) is 0 Å². The Balaban J connectivity index is 2.38. The number of hydrogen-bond acceptors (Lipinski definition) is 3. The molecule has 0 radical (unpaired) electrons. The molecule has 16 heavy (non-hydrogen) atoms. The lowest BCUT2D eigenvalue weighted by atomic mass is 10.2. The van der Waals surface area contributed by atoms with Crippen molar-refractivity contribution in [1.29, 1.82) is 0 Å². The van der Waals surface area contributed by atoms with Gasteiger partial charge in [0.2, 0.25) is 5.91 Å². The van der Waals surface area contributed by atoms with Crippen molar-refractivity contribution in [3.8, 4) is 0 Å². The van der Waals surface area contributed by atoms with Gasteiger partial charge in [-0.25, -0.2) is 0 Å². The number of hydrogen-bond donors (Lipinski definition) is 1. The van der Waals surface area contributed by atoms with E-state index >= 15 is 0 Å². The molecule has 1 N–H and O–H groups in total. The summed E-state index contributed by atoms with van der Waals surface area (Å²) in [6, 6.07) is 9.47. The summed E-state index contributed by atoms with van der Waals surface area (Å²) in [7, 11) is 0. The number of amides is 1. The van der Waals surface area contributed by atoms with Crippen molar-refractivity contribution in [3.63, 3.8) is 0 Å². The third-order valence-corrected chi connectivity index (χ3v) is 2.92. The van der Waals surface area contributed by atoms with Crippen molar-refractivity contribution >= 4 is 17.0 Å². The van der Waals surface area contributed by atoms with Crippen LogP contribution in [0.25, 0.3) is 0 Å². The molecular weight excluding hydrogens is 226 g/mol. The van der Waals surface area contributed by atoms with Gasteiger partial charge < -0.3 is 9.87 Å². The molecule has 0 heterocycles. The number of carbonyl (C=O) groups excluding carboxylic acids is 1. The minimum atomic E-state index is -2.18. The van der Waals surface area contributed by atoms with E-state index in [1.807, 2.05) is 30.3 Å². The van der Waals surface area contributed by atoms with Crippen molar-refractivity contribution in [2.45, 2.75) is 13.5 Å². The second-order valence-corrected chi connectivity index (χ2v) is 4.52. The zero-order valence-electron chi connectivity index (χ0n) is 9.01. The van der Waals surface area contributed by atoms with Gasteiger partial charge in [-0.1, -0.05) is 48.3 Å². The molecule has 1 amide bonds. The topological polar surface area (TPSA) is 69.2 Å². The van der Waals surface area contributed by atoms with E-state index in [0.717, 1.165) is 5.56 Å². The van der Waals surface area contributed by atoms with Gasteiger partial charge in [-0.05, 0) is 5.56 Å². The highest BCUT2D eigenvalue weighted by molar-refractivity contribution is 7.79. The molecule has 88 valence electrons. The summed E-state index contributed by atoms with van der Waals surface area (Å²) in [6.45, 7) is 2.02. The van der Waals surface area contributed by atoms with Crippen LogP contribution in [0.4, 0.5) is 0 Å². The van der Waals surface area contributed by atoms with Gasteiger partial charge in [-0.2, -0.15) is 0 Å². The molecule has 0 fully saturated rings. The van der Waals surface area contributed by atoms with Crippen molar-refractivity contribution < 1.29 is 13.6 Å². The molecule has 0 aliphatic rings. The summed E-state index contributed by atoms with van der Waals surface area (Å²) < 4.78 is 20.8. The molecule has 2 atom stereocenters. The van der Waals surface area contributed by atoms with Gasteiger partial charge in [-0.3, -0.25) is 9.00 Å². The SMILES string of the molecule is CC(CS(=O)[O-])C(=O)NCc1ccccc1. The molecule has 4 nitrogen and oxygen atoms in total. The normalized spacial score (nSPS) is 14.1. The van der Waals surface area contributed by atoms with Crippen LogP contribution < -0.4 is 5.32 Å². The molecule has 0 spiro atoms. The first-order valence-corrected chi connectivity index (χ1v) is 6.21. The zero-order valence-corrected chi connectivity index (χ0v) is 9.83. The summed E-state index contributed by atoms with van der Waals surface area (Å²) in [5.41, 5.74) is 0.992. The van der Waals surface area contributed by atoms with Crippen LogP contribution in [0.1, 0.15) is 12.5 Å². The van der Waals surface area contributed by atoms with Gasteiger partial charge in [0.15, 0.2) is 0 Å². The third kappa shape index (κ3) is 4.55. The summed E-state index contributed by atoms with van der Waals surface area (Å²) in [5.74, 6) is -0.893. The molecule has 0 saturated heterocycles. The van der Waals surface area contributed by atoms with E-state index in [1.54, 1.807) is 6.92 Å². The van der Waals surface area contributed by atoms with E-state index in [2.05, 4.69) is 5.32 Å². The van der Waals surface area contributed by atoms with E-state index in [0.29, 0.717) is 6.54 Å². The fraction of sp³-hybridized carbons (Fsp3) is 0.364. The van der Waals surface area contributed by atoms with Gasteiger partial charge in [0.05, 0.1) is 0 Å². The standard InChI is InChI=1S/C11H15NO3S/c1-9(8-16(14)15)11(13)12-7-10-5-3-2-4-6-10/h2-6,9H,7-8H2,1H3,(H,12,13)(H,14,15)/p-1. The molecule has 2 unspecified atom stereocenters. The van der Waals surface area contributed by atoms with Gasteiger partial charge in [0.25, 0.3) is 0 Å². The first-order valence-electron chi connectivity index (χ1n) is 4.97. The molecule has 0 aliphatic carbocycles. The largest absolute Gasteiger partial charge is 0.772 e. The van der Waals surface area contributed by atoms with E-state index in [-0.39, 0.29) is 11.7 Å². The van der Waals surface area contributed by atoms with Crippen molar-refractivity contribution in [3.05, 3.63) is 35.9 Å². The van der Waals surface area contributed by atoms with Crippen LogP contribution in [0, 0.1) is 5.92 Å². The van der Waals surface area contributed by atoms with E-state index in [1.165, 1.54) is 0 Å². The molecule has 0 bridgehead atoms. The average molecular weight is 240 g/mol. The van der Waals surface area contributed by atoms with Crippen LogP contribution in [0.5, 0.6) is 0 Å². The highest BCUT2D eigenvalue weighted by Crippen LogP contribution is 2.00. The molecule has 0 aliphatic heterocycles. The van der Waals surface area contributed by atoms with Crippen molar-refractivity contribution in [2.24, 2.45) is 5.92 Å². The van der Waals surface area contributed by atoms with Crippen LogP contribution in [-0.2, 0) is 22.4 Å². The highest BCUT2D eigenvalue weighted by Gasteiger charge is 2.11. The predicted molar refractivity (Wildman–Crippen MR) is 61.2 cm³/mol. The van der Waals surface area contributed by atoms with Crippen molar-refractivity contribution in [2.75, 3.05) is 5.75 Å². The van der Waals surface area contributed by atoms with Gasteiger partial charge in [0, 0.05) is 18.2 Å². The van der Waals surface area contributed by atoms with Crippen LogP contribution >= 0.6 is 0 Å². The third-order valence-electron chi connectivity index (χ3n) is 2.14. The Morgan fingerprint density at radius 2 is 2.06 bits per heavy atom. The number of rotatable bonds is 5. The summed E-state index contributed by atoms with van der Waals surface area (Å²) in [6.07, 6.45) is 0. The van der Waals surface area contributed by atoms with Crippen LogP contribution in [0.2, 0.25) is 0 Å². The monoisotopic (exact) mass is 240 g/mol. The van der Waals surface area contributed by atoms with E-state index < -0.39 is 17.0 Å². The first-order chi connectivity index (χ1) is 7.59. The Kier molecular flexibility index (Phi) is 5.14. The molecule has 1 aromatic carbocycles. The summed E-state index contributed by atoms with van der Waals surface area (Å²) in [5, 5.41) is 2.69. The fourth-order valence-corrected chi connectivity index (χ4v) is 1.80. The molecule has 1 aromatic rings. The lowest BCUT2D eigenvalue weighted by Gasteiger charge is -2.13. The minimum absolute atomic E-state index is 0.138. The van der Waals surface area contributed by atoms with E-state index in [9.17, 15) is 13.6 Å². The quantitative estimate of drug-likeness (QED) is 0.775. The summed E-state index contributed by atoms with van der Waals surface area (Å²) in [4.78, 5) is 11.5. The smallest absolute Gasteiger partial charge is 0.223 e. The van der Waals surface area contributed by atoms with Gasteiger partial charge in [0.1, 0.15) is 0 Å². The van der Waals surface area contributed by atoms with Crippen LogP contribution in [0.15, 0.2) is 30.3 Å². The molecule has 0 saturated carbocycles. The Morgan fingerprint density at radius 1 is 1.44 bits per heavy atom. The number of carbonyl (C=O) groups is 1. The van der Waals surface area contributed by atoms with Crippen molar-refractivity contribution in [1.82, 2.24) is 5.32 Å². The number of nitrogens with one attached hydrogen (secondary N) is 1. The second-order valence-electron chi connectivity index (χ2n) is 3.57. The average Bonchev–Trinajstić information content (AvgIpc) is 2.26. The fourth-order valence-electron chi connectivity index (χ4n) is 1.24. The number of benzene rings is 1. The molecule has 1 rings (SSSR count). The lowest BCUT2D eigenvalue weighted by molar-refractivity contribution is -0.124. The minimum Gasteiger partial charge on any atom is -0.772 e. The van der Waals surface area contributed by atoms with Crippen LogP contribution in [-0.4, -0.2) is 20.4 Å². The lowest BCUT2D eigenvalue weighted by Crippen LogP contribution is -2.31. The molecule has 5 heteroatoms. The highest BCUT2D eigenvalue weighted by atomic mass is 32.2.